The zero-order valence-electron chi connectivity index (χ0n) is 15.3. The van der Waals surface area contributed by atoms with Crippen molar-refractivity contribution in [1.29, 1.82) is 0 Å². The van der Waals surface area contributed by atoms with Crippen LogP contribution in [0, 0.1) is 0 Å². The largest absolute Gasteiger partial charge is 0.481 e. The highest BCUT2D eigenvalue weighted by atomic mass is 16.4. The van der Waals surface area contributed by atoms with E-state index in [2.05, 4.69) is 4.98 Å². The number of nitrogens with zero attached hydrogens (tertiary/aromatic N) is 4. The molecule has 1 aliphatic heterocycles. The Morgan fingerprint density at radius 3 is 2.63 bits per heavy atom. The summed E-state index contributed by atoms with van der Waals surface area (Å²) in [6.45, 7) is 0.540. The Morgan fingerprint density at radius 2 is 1.93 bits per heavy atom. The molecule has 0 aromatic carbocycles. The van der Waals surface area contributed by atoms with Crippen molar-refractivity contribution in [3.63, 3.8) is 0 Å². The van der Waals surface area contributed by atoms with E-state index in [-0.39, 0.29) is 35.1 Å². The highest BCUT2D eigenvalue weighted by molar-refractivity contribution is 5.94. The van der Waals surface area contributed by atoms with Crippen LogP contribution in [0.5, 0.6) is 0 Å². The topological polar surface area (TPSA) is 114 Å². The van der Waals surface area contributed by atoms with Gasteiger partial charge in [0, 0.05) is 33.1 Å². The fraction of sp³-hybridized carbons (Fsp3) is 0.500. The van der Waals surface area contributed by atoms with Crippen LogP contribution in [0.1, 0.15) is 42.6 Å². The highest BCUT2D eigenvalue weighted by Crippen LogP contribution is 2.23. The number of pyridine rings is 1. The van der Waals surface area contributed by atoms with E-state index in [9.17, 15) is 19.2 Å². The lowest BCUT2D eigenvalue weighted by atomic mass is 9.97. The minimum Gasteiger partial charge on any atom is -0.481 e. The Hall–Kier alpha value is -2.97. The number of carboxylic acids is 1. The van der Waals surface area contributed by atoms with E-state index in [1.807, 2.05) is 0 Å². The van der Waals surface area contributed by atoms with Crippen molar-refractivity contribution in [2.75, 3.05) is 6.54 Å². The number of amides is 1. The van der Waals surface area contributed by atoms with Gasteiger partial charge < -0.3 is 10.0 Å². The maximum atomic E-state index is 13.0. The fourth-order valence-corrected chi connectivity index (χ4v) is 3.58. The van der Waals surface area contributed by atoms with E-state index >= 15 is 0 Å². The molecule has 2 aromatic rings. The minimum atomic E-state index is -0.886. The van der Waals surface area contributed by atoms with Gasteiger partial charge in [-0.3, -0.25) is 23.5 Å². The van der Waals surface area contributed by atoms with Gasteiger partial charge in [0.2, 0.25) is 0 Å². The quantitative estimate of drug-likeness (QED) is 0.833. The van der Waals surface area contributed by atoms with E-state index in [0.717, 1.165) is 23.8 Å². The Labute approximate surface area is 154 Å². The number of hydrogen-bond donors (Lipinski definition) is 1. The predicted octanol–water partition coefficient (Wildman–Crippen LogP) is 0.492. The Balaban J connectivity index is 1.98. The molecule has 1 atom stereocenters. The number of likely N-dealkylation sites (tertiary alicyclic amines) is 1. The van der Waals surface area contributed by atoms with Gasteiger partial charge in [0.15, 0.2) is 0 Å². The van der Waals surface area contributed by atoms with E-state index in [1.165, 1.54) is 30.8 Å². The summed E-state index contributed by atoms with van der Waals surface area (Å²) in [5, 5.41) is 9.19. The Kier molecular flexibility index (Phi) is 5.11. The molecule has 1 N–H and O–H groups in total. The highest BCUT2D eigenvalue weighted by Gasteiger charge is 2.29. The Bertz CT molecular complexity index is 1020. The third kappa shape index (κ3) is 3.49. The van der Waals surface area contributed by atoms with Crippen LogP contribution >= 0.6 is 0 Å². The average Bonchev–Trinajstić information content (AvgIpc) is 2.68. The van der Waals surface area contributed by atoms with Gasteiger partial charge in [0.05, 0.1) is 5.39 Å². The standard InChI is InChI=1S/C18H22N4O5/c1-20-15-12(16(25)21(2)18(20)27)7-8-13(19-15)17(26)22-10-4-3-5-11(22)6-9-14(23)24/h7-8,11H,3-6,9-10H2,1-2H3,(H,23,24). The van der Waals surface area contributed by atoms with Crippen LogP contribution in [0.2, 0.25) is 0 Å². The van der Waals surface area contributed by atoms with Gasteiger partial charge in [-0.25, -0.2) is 9.78 Å². The van der Waals surface area contributed by atoms with Crippen LogP contribution < -0.4 is 11.2 Å². The zero-order chi connectivity index (χ0) is 19.7. The third-order valence-electron chi connectivity index (χ3n) is 5.10. The van der Waals surface area contributed by atoms with E-state index < -0.39 is 17.2 Å². The molecule has 1 saturated heterocycles. The SMILES string of the molecule is Cn1c(=O)c2ccc(C(=O)N3CCCCC3CCC(=O)O)nc2n(C)c1=O. The molecule has 2 aromatic heterocycles. The molecule has 0 radical (unpaired) electrons. The first-order chi connectivity index (χ1) is 12.8. The van der Waals surface area contributed by atoms with Gasteiger partial charge in [-0.2, -0.15) is 0 Å². The second kappa shape index (κ2) is 7.34. The van der Waals surface area contributed by atoms with Crippen LogP contribution in [0.15, 0.2) is 21.7 Å². The summed E-state index contributed by atoms with van der Waals surface area (Å²) in [6, 6.07) is 2.85. The maximum absolute atomic E-state index is 13.0. The van der Waals surface area contributed by atoms with Crippen LogP contribution in [0.4, 0.5) is 0 Å². The molecule has 1 aliphatic rings. The van der Waals surface area contributed by atoms with Gasteiger partial charge in [-0.1, -0.05) is 0 Å². The van der Waals surface area contributed by atoms with Crippen molar-refractivity contribution in [3.8, 4) is 0 Å². The molecule has 27 heavy (non-hydrogen) atoms. The lowest BCUT2D eigenvalue weighted by Gasteiger charge is -2.35. The molecule has 0 bridgehead atoms. The lowest BCUT2D eigenvalue weighted by molar-refractivity contribution is -0.137. The van der Waals surface area contributed by atoms with Crippen molar-refractivity contribution < 1.29 is 14.7 Å². The summed E-state index contributed by atoms with van der Waals surface area (Å²) in [5.41, 5.74) is -0.667. The average molecular weight is 374 g/mol. The molecular weight excluding hydrogens is 352 g/mol. The van der Waals surface area contributed by atoms with Gasteiger partial charge in [-0.15, -0.1) is 0 Å². The van der Waals surface area contributed by atoms with Crippen molar-refractivity contribution in [2.45, 2.75) is 38.1 Å². The molecule has 9 nitrogen and oxygen atoms in total. The molecule has 9 heteroatoms. The fourth-order valence-electron chi connectivity index (χ4n) is 3.58. The van der Waals surface area contributed by atoms with Crippen LogP contribution in [0.3, 0.4) is 0 Å². The monoisotopic (exact) mass is 374 g/mol. The van der Waals surface area contributed by atoms with Crippen LogP contribution in [0.25, 0.3) is 11.0 Å². The second-order valence-corrected chi connectivity index (χ2v) is 6.85. The summed E-state index contributed by atoms with van der Waals surface area (Å²) in [6.07, 6.45) is 2.95. The first kappa shape index (κ1) is 18.8. The van der Waals surface area contributed by atoms with Crippen LogP contribution in [-0.4, -0.2) is 48.6 Å². The summed E-state index contributed by atoms with van der Waals surface area (Å²) in [7, 11) is 2.89. The summed E-state index contributed by atoms with van der Waals surface area (Å²) in [5.74, 6) is -1.19. The number of fused-ring (bicyclic) bond motifs is 1. The van der Waals surface area contributed by atoms with Gasteiger partial charge >= 0.3 is 11.7 Å². The predicted molar refractivity (Wildman–Crippen MR) is 97.8 cm³/mol. The van der Waals surface area contributed by atoms with Crippen molar-refractivity contribution in [1.82, 2.24) is 19.0 Å². The number of hydrogen-bond acceptors (Lipinski definition) is 5. The number of piperidine rings is 1. The minimum absolute atomic E-state index is 0.00411. The molecule has 3 rings (SSSR count). The maximum Gasteiger partial charge on any atom is 0.332 e. The third-order valence-corrected chi connectivity index (χ3v) is 5.10. The smallest absolute Gasteiger partial charge is 0.332 e. The Morgan fingerprint density at radius 1 is 1.19 bits per heavy atom. The summed E-state index contributed by atoms with van der Waals surface area (Å²) < 4.78 is 2.24. The molecule has 1 amide bonds. The van der Waals surface area contributed by atoms with Gasteiger partial charge in [-0.05, 0) is 37.8 Å². The first-order valence-corrected chi connectivity index (χ1v) is 8.90. The van der Waals surface area contributed by atoms with Gasteiger partial charge in [0.25, 0.3) is 11.5 Å². The molecule has 3 heterocycles. The lowest BCUT2D eigenvalue weighted by Crippen LogP contribution is -2.44. The van der Waals surface area contributed by atoms with E-state index in [4.69, 9.17) is 5.11 Å². The first-order valence-electron chi connectivity index (χ1n) is 8.90. The molecule has 0 saturated carbocycles. The molecule has 1 unspecified atom stereocenters. The molecule has 144 valence electrons. The van der Waals surface area contributed by atoms with Crippen molar-refractivity contribution >= 4 is 22.9 Å². The summed E-state index contributed by atoms with van der Waals surface area (Å²) in [4.78, 5) is 54.2. The van der Waals surface area contributed by atoms with Gasteiger partial charge in [0.1, 0.15) is 11.3 Å². The zero-order valence-corrected chi connectivity index (χ0v) is 15.3. The number of rotatable bonds is 4. The number of aliphatic carboxylic acids is 1. The van der Waals surface area contributed by atoms with E-state index in [1.54, 1.807) is 4.90 Å². The van der Waals surface area contributed by atoms with Crippen molar-refractivity contribution in [2.24, 2.45) is 14.1 Å². The number of aryl methyl sites for hydroxylation is 1. The molecule has 1 fully saturated rings. The second-order valence-electron chi connectivity index (χ2n) is 6.85. The normalized spacial score (nSPS) is 17.3. The van der Waals surface area contributed by atoms with E-state index in [0.29, 0.717) is 13.0 Å². The van der Waals surface area contributed by atoms with Crippen molar-refractivity contribution in [3.05, 3.63) is 38.7 Å². The number of carboxylic acid groups (broad SMARTS) is 1. The van der Waals surface area contributed by atoms with Crippen LogP contribution in [-0.2, 0) is 18.9 Å². The number of carbonyl (C=O) groups excluding carboxylic acids is 1. The summed E-state index contributed by atoms with van der Waals surface area (Å²) >= 11 is 0. The molecule has 0 aliphatic carbocycles. The number of aromatic nitrogens is 3. The molecule has 0 spiro atoms. The molecular formula is C18H22N4O5. The number of carbonyl (C=O) groups is 2.